The molecule has 0 atom stereocenters. The zero-order valence-electron chi connectivity index (χ0n) is 34.7. The molecule has 6 nitrogen and oxygen atoms in total. The minimum absolute atomic E-state index is 0.00203. The Bertz CT molecular complexity index is 2680. The Hall–Kier alpha value is -5.95. The monoisotopic (exact) mass is 749 g/mol. The van der Waals surface area contributed by atoms with Crippen LogP contribution in [-0.2, 0) is 5.41 Å². The van der Waals surface area contributed by atoms with Gasteiger partial charge in [-0.1, -0.05) is 123 Å². The Balaban J connectivity index is 1.08. The molecule has 0 spiro atoms. The number of benzene rings is 4. The second kappa shape index (κ2) is 13.3. The van der Waals surface area contributed by atoms with Crippen LogP contribution in [-0.4, -0.2) is 27.9 Å². The van der Waals surface area contributed by atoms with Crippen molar-refractivity contribution < 1.29 is 4.74 Å². The van der Waals surface area contributed by atoms with E-state index in [0.29, 0.717) is 6.67 Å². The van der Waals surface area contributed by atoms with Gasteiger partial charge < -0.3 is 19.3 Å². The highest BCUT2D eigenvalue weighted by Crippen LogP contribution is 2.48. The summed E-state index contributed by atoms with van der Waals surface area (Å²) in [4.78, 5) is 12.3. The number of para-hydroxylation sites is 3. The standard InChI is InChI=1S/C50H52BN5O/c1-48(2,3)34-25-28-52-46(29-34)56-42-18-11-10-17-39(42)40-22-21-38(31-45(40)56)57-37-16-14-15-36(30-37)53-33-54(44-20-13-12-19-43(44)53)47-41(50(7,8)9)24-27-51-26-23-35(32-55(47)51)49(4,5)6/h10-32H,33H2,1-9H3. The maximum Gasteiger partial charge on any atom is 0.314 e. The molecule has 0 saturated heterocycles. The fourth-order valence-electron chi connectivity index (χ4n) is 8.39. The summed E-state index contributed by atoms with van der Waals surface area (Å²) >= 11 is 0. The Morgan fingerprint density at radius 1 is 0.614 bits per heavy atom. The van der Waals surface area contributed by atoms with E-state index >= 15 is 0 Å². The number of anilines is 3. The summed E-state index contributed by atoms with van der Waals surface area (Å²) in [7, 11) is 0. The third-order valence-electron chi connectivity index (χ3n) is 11.5. The number of hydrogen-bond acceptors (Lipinski definition) is 5. The van der Waals surface area contributed by atoms with E-state index in [1.54, 1.807) is 0 Å². The Kier molecular flexibility index (Phi) is 8.58. The predicted molar refractivity (Wildman–Crippen MR) is 240 cm³/mol. The largest absolute Gasteiger partial charge is 0.457 e. The van der Waals surface area contributed by atoms with Crippen LogP contribution < -0.4 is 14.5 Å². The second-order valence-electron chi connectivity index (χ2n) is 18.7. The van der Waals surface area contributed by atoms with Crippen LogP contribution in [0.5, 0.6) is 11.5 Å². The SMILES string of the molecule is CC(C)(C)C1=CN2B(C=C1)C=CC(C(C)(C)C)=C2N1CN(c2cccc(Oc3ccc4c5ccccc5n(-c5cc(C(C)(C)C)ccn5)c4c3)c2)c2ccccc21. The first-order valence-corrected chi connectivity index (χ1v) is 20.2. The number of hydrogen-bond donors (Lipinski definition) is 0. The van der Waals surface area contributed by atoms with Crippen LogP contribution in [0.25, 0.3) is 27.6 Å². The summed E-state index contributed by atoms with van der Waals surface area (Å²) in [5, 5.41) is 2.36. The maximum atomic E-state index is 6.74. The fourth-order valence-corrected chi connectivity index (χ4v) is 8.39. The molecular formula is C50H52BN5O. The molecule has 286 valence electrons. The van der Waals surface area contributed by atoms with Gasteiger partial charge in [0.15, 0.2) is 0 Å². The van der Waals surface area contributed by atoms with Crippen LogP contribution in [0.15, 0.2) is 157 Å². The first-order valence-electron chi connectivity index (χ1n) is 20.2. The van der Waals surface area contributed by atoms with E-state index in [1.165, 1.54) is 44.7 Å². The number of pyridine rings is 1. The van der Waals surface area contributed by atoms with Crippen LogP contribution >= 0.6 is 0 Å². The lowest BCUT2D eigenvalue weighted by atomic mass is 9.55. The lowest BCUT2D eigenvalue weighted by Gasteiger charge is -2.43. The third kappa shape index (κ3) is 6.53. The van der Waals surface area contributed by atoms with Gasteiger partial charge in [-0.2, -0.15) is 0 Å². The number of allylic oxidation sites excluding steroid dienone is 4. The summed E-state index contributed by atoms with van der Waals surface area (Å²) in [5.74, 6) is 8.38. The zero-order valence-corrected chi connectivity index (χ0v) is 34.7. The van der Waals surface area contributed by atoms with Crippen LogP contribution in [0, 0.1) is 10.8 Å². The van der Waals surface area contributed by atoms with Crippen molar-refractivity contribution in [3.63, 3.8) is 0 Å². The van der Waals surface area contributed by atoms with E-state index in [9.17, 15) is 0 Å². The average molecular weight is 750 g/mol. The molecule has 9 rings (SSSR count). The van der Waals surface area contributed by atoms with Gasteiger partial charge in [-0.25, -0.2) is 4.98 Å². The van der Waals surface area contributed by atoms with Crippen molar-refractivity contribution >= 4 is 45.7 Å². The summed E-state index contributed by atoms with van der Waals surface area (Å²) in [6, 6.07) is 36.6. The first kappa shape index (κ1) is 36.7. The lowest BCUT2D eigenvalue weighted by Crippen LogP contribution is -2.46. The van der Waals surface area contributed by atoms with Crippen molar-refractivity contribution in [2.24, 2.45) is 10.8 Å². The summed E-state index contributed by atoms with van der Waals surface area (Å²) in [6.45, 7) is 21.4. The number of rotatable bonds is 5. The molecule has 3 aliphatic heterocycles. The molecule has 0 aliphatic carbocycles. The highest BCUT2D eigenvalue weighted by molar-refractivity contribution is 6.68. The van der Waals surface area contributed by atoms with Crippen molar-refractivity contribution in [3.05, 3.63) is 162 Å². The van der Waals surface area contributed by atoms with Gasteiger partial charge in [-0.05, 0) is 93.8 Å². The molecule has 0 unspecified atom stereocenters. The summed E-state index contributed by atoms with van der Waals surface area (Å²) in [5.41, 5.74) is 9.47. The Morgan fingerprint density at radius 2 is 1.32 bits per heavy atom. The first-order chi connectivity index (χ1) is 27.1. The van der Waals surface area contributed by atoms with Gasteiger partial charge in [0.05, 0.1) is 22.4 Å². The quantitative estimate of drug-likeness (QED) is 0.164. The number of nitrogens with zero attached hydrogens (tertiary/aromatic N) is 5. The van der Waals surface area contributed by atoms with Crippen LogP contribution in [0.1, 0.15) is 67.9 Å². The van der Waals surface area contributed by atoms with Crippen LogP contribution in [0.3, 0.4) is 0 Å². The average Bonchev–Trinajstić information content (AvgIpc) is 3.72. The molecule has 0 saturated carbocycles. The predicted octanol–water partition coefficient (Wildman–Crippen LogP) is 12.9. The molecular weight excluding hydrogens is 697 g/mol. The van der Waals surface area contributed by atoms with Crippen molar-refractivity contribution in [3.8, 4) is 17.3 Å². The van der Waals surface area contributed by atoms with E-state index < -0.39 is 0 Å². The zero-order chi connectivity index (χ0) is 39.9. The van der Waals surface area contributed by atoms with Gasteiger partial charge in [-0.15, -0.1) is 0 Å². The van der Waals surface area contributed by atoms with Crippen LogP contribution in [0.2, 0.25) is 0 Å². The molecule has 4 aromatic carbocycles. The molecule has 6 aromatic rings. The van der Waals surface area contributed by atoms with Crippen molar-refractivity contribution in [2.75, 3.05) is 16.5 Å². The smallest absolute Gasteiger partial charge is 0.314 e. The maximum absolute atomic E-state index is 6.74. The lowest BCUT2D eigenvalue weighted by molar-refractivity contribution is 0.476. The molecule has 2 aromatic heterocycles. The molecule has 3 aliphatic rings. The minimum atomic E-state index is -0.0674. The van der Waals surface area contributed by atoms with Gasteiger partial charge in [0.2, 0.25) is 0 Å². The van der Waals surface area contributed by atoms with Gasteiger partial charge >= 0.3 is 6.85 Å². The van der Waals surface area contributed by atoms with E-state index in [1.807, 2.05) is 12.3 Å². The number of ether oxygens (including phenoxy) is 1. The molecule has 0 bridgehead atoms. The second-order valence-corrected chi connectivity index (χ2v) is 18.7. The van der Waals surface area contributed by atoms with E-state index in [0.717, 1.165) is 34.0 Å². The number of aromatic nitrogens is 2. The van der Waals surface area contributed by atoms with Crippen molar-refractivity contribution in [2.45, 2.75) is 67.7 Å². The summed E-state index contributed by atoms with van der Waals surface area (Å²) < 4.78 is 9.01. The highest BCUT2D eigenvalue weighted by atomic mass is 16.5. The molecule has 0 amide bonds. The van der Waals surface area contributed by atoms with Gasteiger partial charge in [0.1, 0.15) is 29.8 Å². The molecule has 5 heterocycles. The topological polar surface area (TPSA) is 36.8 Å². The van der Waals surface area contributed by atoms with Gasteiger partial charge in [0, 0.05) is 34.8 Å². The van der Waals surface area contributed by atoms with Gasteiger partial charge in [-0.3, -0.25) is 4.57 Å². The third-order valence-corrected chi connectivity index (χ3v) is 11.5. The minimum Gasteiger partial charge on any atom is -0.457 e. The molecule has 0 N–H and O–H groups in total. The van der Waals surface area contributed by atoms with E-state index in [4.69, 9.17) is 9.72 Å². The van der Waals surface area contributed by atoms with Crippen molar-refractivity contribution in [1.82, 2.24) is 14.4 Å². The van der Waals surface area contributed by atoms with E-state index in [2.05, 4.69) is 209 Å². The Morgan fingerprint density at radius 3 is 2.07 bits per heavy atom. The highest BCUT2D eigenvalue weighted by Gasteiger charge is 2.40. The fraction of sp³-hybridized carbons (Fsp3) is 0.260. The van der Waals surface area contributed by atoms with Crippen LogP contribution in [0.4, 0.5) is 17.1 Å². The summed E-state index contributed by atoms with van der Waals surface area (Å²) in [6.07, 6.45) is 8.96. The normalized spacial score (nSPS) is 15.8. The molecule has 0 fully saturated rings. The molecule has 0 radical (unpaired) electrons. The molecule has 7 heteroatoms. The van der Waals surface area contributed by atoms with E-state index in [-0.39, 0.29) is 23.1 Å². The Labute approximate surface area is 338 Å². The number of fused-ring (bicyclic) bond motifs is 5. The van der Waals surface area contributed by atoms with Crippen molar-refractivity contribution in [1.29, 1.82) is 0 Å². The molecule has 57 heavy (non-hydrogen) atoms. The van der Waals surface area contributed by atoms with Gasteiger partial charge in [0.25, 0.3) is 0 Å².